The first-order valence-corrected chi connectivity index (χ1v) is 6.45. The molecule has 0 saturated carbocycles. The second-order valence-electron chi connectivity index (χ2n) is 4.45. The average molecular weight is 268 g/mol. The largest absolute Gasteiger partial charge is 0.316 e. The van der Waals surface area contributed by atoms with E-state index in [0.717, 1.165) is 6.54 Å². The fourth-order valence-corrected chi connectivity index (χ4v) is 2.76. The molecule has 82 valence electrons. The van der Waals surface area contributed by atoms with Crippen molar-refractivity contribution in [3.05, 3.63) is 33.3 Å². The van der Waals surface area contributed by atoms with E-state index in [1.807, 2.05) is 0 Å². The molecule has 1 heterocycles. The normalized spacial score (nSPS) is 21.7. The third-order valence-corrected chi connectivity index (χ3v) is 4.58. The van der Waals surface area contributed by atoms with Gasteiger partial charge in [0.1, 0.15) is 0 Å². The van der Waals surface area contributed by atoms with Gasteiger partial charge in [0.2, 0.25) is 0 Å². The van der Waals surface area contributed by atoms with Crippen LogP contribution in [0.25, 0.3) is 0 Å². The minimum absolute atomic E-state index is 0.704. The van der Waals surface area contributed by atoms with E-state index in [1.54, 1.807) is 0 Å². The quantitative estimate of drug-likeness (QED) is 0.821. The van der Waals surface area contributed by atoms with Gasteiger partial charge in [0.25, 0.3) is 0 Å². The number of piperidine rings is 1. The SMILES string of the molecule is Cc1ccc(C2CCCNC2)c(C)c1Br. The molecule has 0 bridgehead atoms. The highest BCUT2D eigenvalue weighted by Gasteiger charge is 2.18. The Labute approximate surface area is 100 Å². The first-order valence-electron chi connectivity index (χ1n) is 5.66. The monoisotopic (exact) mass is 267 g/mol. The fourth-order valence-electron chi connectivity index (χ4n) is 2.39. The zero-order valence-corrected chi connectivity index (χ0v) is 11.0. The standard InChI is InChI=1S/C13H18BrN/c1-9-5-6-12(10(2)13(9)14)11-4-3-7-15-8-11/h5-6,11,15H,3-4,7-8H2,1-2H3. The smallest absolute Gasteiger partial charge is 0.0236 e. The van der Waals surface area contributed by atoms with E-state index in [1.165, 1.54) is 40.5 Å². The van der Waals surface area contributed by atoms with E-state index < -0.39 is 0 Å². The van der Waals surface area contributed by atoms with Crippen LogP contribution in [0.2, 0.25) is 0 Å². The van der Waals surface area contributed by atoms with Crippen LogP contribution in [0.3, 0.4) is 0 Å². The Hall–Kier alpha value is -0.340. The molecule has 1 N–H and O–H groups in total. The highest BCUT2D eigenvalue weighted by atomic mass is 79.9. The summed E-state index contributed by atoms with van der Waals surface area (Å²) in [6.07, 6.45) is 2.62. The maximum Gasteiger partial charge on any atom is 0.0236 e. The molecule has 1 aliphatic rings. The van der Waals surface area contributed by atoms with Gasteiger partial charge in [-0.2, -0.15) is 0 Å². The van der Waals surface area contributed by atoms with Crippen LogP contribution in [-0.2, 0) is 0 Å². The van der Waals surface area contributed by atoms with Crippen molar-refractivity contribution in [2.75, 3.05) is 13.1 Å². The second-order valence-corrected chi connectivity index (χ2v) is 5.25. The van der Waals surface area contributed by atoms with Gasteiger partial charge in [-0.05, 0) is 55.8 Å². The molecule has 0 aromatic heterocycles. The lowest BCUT2D eigenvalue weighted by molar-refractivity contribution is 0.460. The van der Waals surface area contributed by atoms with E-state index >= 15 is 0 Å². The number of halogens is 1. The molecule has 1 unspecified atom stereocenters. The number of nitrogens with one attached hydrogen (secondary N) is 1. The predicted molar refractivity (Wildman–Crippen MR) is 68.5 cm³/mol. The molecule has 0 spiro atoms. The number of rotatable bonds is 1. The van der Waals surface area contributed by atoms with Gasteiger partial charge < -0.3 is 5.32 Å². The van der Waals surface area contributed by atoms with Gasteiger partial charge >= 0.3 is 0 Å². The minimum atomic E-state index is 0.704. The highest BCUT2D eigenvalue weighted by molar-refractivity contribution is 9.10. The maximum atomic E-state index is 3.68. The van der Waals surface area contributed by atoms with Crippen molar-refractivity contribution in [1.82, 2.24) is 5.32 Å². The number of hydrogen-bond donors (Lipinski definition) is 1. The second kappa shape index (κ2) is 4.67. The summed E-state index contributed by atoms with van der Waals surface area (Å²) in [7, 11) is 0. The van der Waals surface area contributed by atoms with E-state index in [9.17, 15) is 0 Å². The zero-order chi connectivity index (χ0) is 10.8. The summed E-state index contributed by atoms with van der Waals surface area (Å²) in [5, 5.41) is 3.48. The Bertz CT molecular complexity index is 354. The summed E-state index contributed by atoms with van der Waals surface area (Å²) in [5.74, 6) is 0.704. The van der Waals surface area contributed by atoms with Gasteiger partial charge in [0.05, 0.1) is 0 Å². The molecule has 1 nitrogen and oxygen atoms in total. The van der Waals surface area contributed by atoms with Gasteiger partial charge in [0, 0.05) is 11.0 Å². The van der Waals surface area contributed by atoms with Crippen molar-refractivity contribution in [2.24, 2.45) is 0 Å². The third kappa shape index (κ3) is 2.26. The first-order chi connectivity index (χ1) is 7.20. The topological polar surface area (TPSA) is 12.0 Å². The third-order valence-electron chi connectivity index (χ3n) is 3.36. The Balaban J connectivity index is 2.31. The lowest BCUT2D eigenvalue weighted by atomic mass is 9.88. The predicted octanol–water partition coefficient (Wildman–Crippen LogP) is 3.53. The zero-order valence-electron chi connectivity index (χ0n) is 9.44. The van der Waals surface area contributed by atoms with Crippen molar-refractivity contribution in [3.8, 4) is 0 Å². The fraction of sp³-hybridized carbons (Fsp3) is 0.538. The number of hydrogen-bond acceptors (Lipinski definition) is 1. The molecular weight excluding hydrogens is 250 g/mol. The molecule has 1 atom stereocenters. The Kier molecular flexibility index (Phi) is 3.47. The molecule has 2 rings (SSSR count). The summed E-state index contributed by atoms with van der Waals surface area (Å²) < 4.78 is 1.28. The van der Waals surface area contributed by atoms with Crippen molar-refractivity contribution in [1.29, 1.82) is 0 Å². The van der Waals surface area contributed by atoms with Crippen molar-refractivity contribution in [3.63, 3.8) is 0 Å². The maximum absolute atomic E-state index is 3.68. The van der Waals surface area contributed by atoms with Crippen LogP contribution in [0.4, 0.5) is 0 Å². The molecule has 1 aliphatic heterocycles. The van der Waals surface area contributed by atoms with Crippen LogP contribution in [0, 0.1) is 13.8 Å². The lowest BCUT2D eigenvalue weighted by Crippen LogP contribution is -2.28. The summed E-state index contributed by atoms with van der Waals surface area (Å²) in [5.41, 5.74) is 4.27. The Morgan fingerprint density at radius 3 is 2.80 bits per heavy atom. The van der Waals surface area contributed by atoms with Gasteiger partial charge in [-0.25, -0.2) is 0 Å². The molecule has 1 aromatic rings. The van der Waals surface area contributed by atoms with Crippen LogP contribution in [0.1, 0.15) is 35.4 Å². The van der Waals surface area contributed by atoms with Crippen molar-refractivity contribution < 1.29 is 0 Å². The van der Waals surface area contributed by atoms with E-state index in [4.69, 9.17) is 0 Å². The van der Waals surface area contributed by atoms with Crippen LogP contribution in [0.5, 0.6) is 0 Å². The molecule has 0 amide bonds. The van der Waals surface area contributed by atoms with Gasteiger partial charge in [-0.15, -0.1) is 0 Å². The van der Waals surface area contributed by atoms with E-state index in [-0.39, 0.29) is 0 Å². The van der Waals surface area contributed by atoms with Gasteiger partial charge in [0.15, 0.2) is 0 Å². The molecule has 0 aliphatic carbocycles. The summed E-state index contributed by atoms with van der Waals surface area (Å²) >= 11 is 3.68. The molecule has 1 saturated heterocycles. The molecule has 1 aromatic carbocycles. The van der Waals surface area contributed by atoms with Crippen LogP contribution in [0.15, 0.2) is 16.6 Å². The van der Waals surface area contributed by atoms with Crippen LogP contribution < -0.4 is 5.32 Å². The minimum Gasteiger partial charge on any atom is -0.316 e. The highest BCUT2D eigenvalue weighted by Crippen LogP contribution is 2.31. The summed E-state index contributed by atoms with van der Waals surface area (Å²) in [4.78, 5) is 0. The van der Waals surface area contributed by atoms with Gasteiger partial charge in [-0.3, -0.25) is 0 Å². The Morgan fingerprint density at radius 2 is 2.13 bits per heavy atom. The molecule has 15 heavy (non-hydrogen) atoms. The molecule has 2 heteroatoms. The van der Waals surface area contributed by atoms with Crippen molar-refractivity contribution in [2.45, 2.75) is 32.6 Å². The summed E-state index contributed by atoms with van der Waals surface area (Å²) in [6, 6.07) is 4.52. The van der Waals surface area contributed by atoms with Gasteiger partial charge in [-0.1, -0.05) is 28.1 Å². The Morgan fingerprint density at radius 1 is 1.33 bits per heavy atom. The lowest BCUT2D eigenvalue weighted by Gasteiger charge is -2.25. The summed E-state index contributed by atoms with van der Waals surface area (Å²) in [6.45, 7) is 6.69. The first kappa shape index (κ1) is 11.2. The van der Waals surface area contributed by atoms with Crippen LogP contribution in [-0.4, -0.2) is 13.1 Å². The van der Waals surface area contributed by atoms with E-state index in [0.29, 0.717) is 5.92 Å². The van der Waals surface area contributed by atoms with Crippen molar-refractivity contribution >= 4 is 15.9 Å². The average Bonchev–Trinajstić information content (AvgIpc) is 2.27. The molecule has 0 radical (unpaired) electrons. The van der Waals surface area contributed by atoms with Crippen LogP contribution >= 0.6 is 15.9 Å². The molecule has 1 fully saturated rings. The molecular formula is C13H18BrN. The van der Waals surface area contributed by atoms with E-state index in [2.05, 4.69) is 47.2 Å². The number of aryl methyl sites for hydroxylation is 1. The number of benzene rings is 1.